The smallest absolute Gasteiger partial charge is 0.363 e. The van der Waals surface area contributed by atoms with Crippen molar-refractivity contribution in [1.29, 1.82) is 0 Å². The Morgan fingerprint density at radius 2 is 1.40 bits per heavy atom. The largest absolute Gasteiger partial charge is 0.416 e. The number of ether oxygens (including phenoxy) is 1. The van der Waals surface area contributed by atoms with Crippen LogP contribution in [0.15, 0.2) is 122 Å². The number of hydrogen-bond donors (Lipinski definition) is 0. The molecule has 0 amide bonds. The quantitative estimate of drug-likeness (QED) is 0.0679. The van der Waals surface area contributed by atoms with E-state index in [0.29, 0.717) is 16.9 Å². The van der Waals surface area contributed by atoms with Gasteiger partial charge in [0.1, 0.15) is 18.7 Å². The Kier molecular flexibility index (Phi) is 8.62. The van der Waals surface area contributed by atoms with E-state index in [1.54, 1.807) is 6.20 Å². The third kappa shape index (κ3) is 6.24. The van der Waals surface area contributed by atoms with Gasteiger partial charge in [-0.05, 0) is 75.0 Å². The highest BCUT2D eigenvalue weighted by Crippen LogP contribution is 2.50. The predicted octanol–water partition coefficient (Wildman–Crippen LogP) is 11.4. The molecular weight excluding hydrogens is 674 g/mol. The second-order valence-corrected chi connectivity index (χ2v) is 14.4. The van der Waals surface area contributed by atoms with Gasteiger partial charge in [0.2, 0.25) is 0 Å². The Morgan fingerprint density at radius 3 is 2.04 bits per heavy atom. The lowest BCUT2D eigenvalue weighted by molar-refractivity contribution is -0.984. The summed E-state index contributed by atoms with van der Waals surface area (Å²) in [5.41, 5.74) is -0.120. The number of pyridine rings is 1. The molecule has 1 aromatic heterocycles. The molecule has 0 N–H and O–H groups in total. The summed E-state index contributed by atoms with van der Waals surface area (Å²) in [5, 5.41) is 5.43. The molecule has 9 rings (SSSR count). The summed E-state index contributed by atoms with van der Waals surface area (Å²) in [5.74, 6) is 0.565. The molecule has 1 unspecified atom stereocenters. The van der Waals surface area contributed by atoms with Gasteiger partial charge in [-0.3, -0.25) is 4.98 Å². The van der Waals surface area contributed by atoms with Crippen molar-refractivity contribution in [2.24, 2.45) is 11.8 Å². The van der Waals surface area contributed by atoms with E-state index < -0.39 is 36.2 Å². The first-order valence-corrected chi connectivity index (χ1v) is 17.5. The third-order valence-corrected chi connectivity index (χ3v) is 11.4. The molecule has 266 valence electrons. The summed E-state index contributed by atoms with van der Waals surface area (Å²) in [4.78, 5) is 4.57. The van der Waals surface area contributed by atoms with Crippen molar-refractivity contribution in [2.45, 2.75) is 50.5 Å². The summed E-state index contributed by atoms with van der Waals surface area (Å²) in [7, 11) is 0. The summed E-state index contributed by atoms with van der Waals surface area (Å²) in [6.45, 7) is 6.09. The standard InChI is InChI=1S/C43H37F6N2O/c1-2-28-24-51(25-38-34-11-5-3-9-30(34)21-31-10-4-6-12-35(31)38)18-16-29(28)22-40(51)41(37-15-17-50-39-14-8-7-13-36(37)39)52-26-27-19-32(42(44,45)46)23-33(20-27)43(47,48)49/h2-15,17,19-21,23,28-29,40-41H,1,16,18,22,24-26H2/q+1/t28-,29-,40-,41+,51?/m0/s1. The molecule has 3 saturated heterocycles. The molecule has 0 radical (unpaired) electrons. The van der Waals surface area contributed by atoms with Crippen molar-refractivity contribution >= 4 is 32.4 Å². The Morgan fingerprint density at radius 1 is 0.788 bits per heavy atom. The minimum atomic E-state index is -4.96. The van der Waals surface area contributed by atoms with Gasteiger partial charge >= 0.3 is 12.4 Å². The molecule has 6 aromatic rings. The van der Waals surface area contributed by atoms with Crippen molar-refractivity contribution in [3.8, 4) is 0 Å². The van der Waals surface area contributed by atoms with Crippen molar-refractivity contribution in [1.82, 2.24) is 4.98 Å². The van der Waals surface area contributed by atoms with Gasteiger partial charge in [-0.25, -0.2) is 0 Å². The van der Waals surface area contributed by atoms with Crippen molar-refractivity contribution in [2.75, 3.05) is 13.1 Å². The highest BCUT2D eigenvalue weighted by atomic mass is 19.4. The SMILES string of the molecule is C=C[C@H]1C[N+]2(Cc3c4ccccc4cc4ccccc34)CC[C@H]1C[C@H]2[C@H](OCc1cc(C(F)(F)F)cc(C(F)(F)F)c1)c1ccnc2ccccc12. The van der Waals surface area contributed by atoms with E-state index in [0.717, 1.165) is 76.1 Å². The predicted molar refractivity (Wildman–Crippen MR) is 191 cm³/mol. The molecule has 2 bridgehead atoms. The number of alkyl halides is 6. The minimum Gasteiger partial charge on any atom is -0.363 e. The zero-order valence-corrected chi connectivity index (χ0v) is 28.3. The summed E-state index contributed by atoms with van der Waals surface area (Å²) < 4.78 is 90.7. The van der Waals surface area contributed by atoms with Gasteiger partial charge in [-0.15, -0.1) is 6.58 Å². The van der Waals surface area contributed by atoms with Crippen LogP contribution >= 0.6 is 0 Å². The number of piperidine rings is 3. The van der Waals surface area contributed by atoms with E-state index in [-0.39, 0.29) is 23.6 Å². The van der Waals surface area contributed by atoms with Gasteiger partial charge in [-0.2, -0.15) is 26.3 Å². The molecule has 3 aliphatic heterocycles. The van der Waals surface area contributed by atoms with Crippen LogP contribution in [-0.2, 0) is 30.2 Å². The Labute approximate surface area is 297 Å². The summed E-state index contributed by atoms with van der Waals surface area (Å²) in [6, 6.07) is 30.0. The summed E-state index contributed by atoms with van der Waals surface area (Å²) >= 11 is 0. The number of halogens is 6. The molecule has 52 heavy (non-hydrogen) atoms. The normalized spacial score (nSPS) is 22.6. The second kappa shape index (κ2) is 13.0. The van der Waals surface area contributed by atoms with Crippen molar-refractivity contribution in [3.63, 3.8) is 0 Å². The van der Waals surface area contributed by atoms with E-state index in [4.69, 9.17) is 4.74 Å². The van der Waals surface area contributed by atoms with Crippen LogP contribution in [0.1, 0.15) is 46.8 Å². The Bertz CT molecular complexity index is 2210. The fraction of sp³-hybridized carbons (Fsp3) is 0.279. The molecule has 0 spiro atoms. The number of aromatic nitrogens is 1. The maximum atomic E-state index is 13.9. The highest BCUT2D eigenvalue weighted by Gasteiger charge is 2.55. The maximum Gasteiger partial charge on any atom is 0.416 e. The fourth-order valence-electron chi connectivity index (χ4n) is 9.02. The molecule has 5 aromatic carbocycles. The van der Waals surface area contributed by atoms with Crippen LogP contribution in [0.2, 0.25) is 0 Å². The van der Waals surface area contributed by atoms with Gasteiger partial charge in [0, 0.05) is 35.9 Å². The fourth-order valence-corrected chi connectivity index (χ4v) is 9.02. The molecule has 3 aliphatic rings. The number of fused-ring (bicyclic) bond motifs is 6. The van der Waals surface area contributed by atoms with Gasteiger partial charge in [-0.1, -0.05) is 72.8 Å². The molecule has 3 fully saturated rings. The Balaban J connectivity index is 1.28. The molecule has 9 heteroatoms. The van der Waals surface area contributed by atoms with Crippen LogP contribution in [0, 0.1) is 11.8 Å². The van der Waals surface area contributed by atoms with Crippen LogP contribution in [0.3, 0.4) is 0 Å². The molecule has 0 aliphatic carbocycles. The van der Waals surface area contributed by atoms with Crippen LogP contribution in [0.5, 0.6) is 0 Å². The zero-order valence-electron chi connectivity index (χ0n) is 28.3. The van der Waals surface area contributed by atoms with Crippen LogP contribution in [0.4, 0.5) is 26.3 Å². The number of nitrogens with zero attached hydrogens (tertiary/aromatic N) is 2. The van der Waals surface area contributed by atoms with E-state index in [1.807, 2.05) is 60.7 Å². The van der Waals surface area contributed by atoms with Gasteiger partial charge in [0.25, 0.3) is 0 Å². The van der Waals surface area contributed by atoms with Crippen LogP contribution < -0.4 is 0 Å². The summed E-state index contributed by atoms with van der Waals surface area (Å²) in [6.07, 6.45) is -5.09. The van der Waals surface area contributed by atoms with E-state index in [1.165, 1.54) is 5.56 Å². The molecule has 5 atom stereocenters. The average molecular weight is 712 g/mol. The van der Waals surface area contributed by atoms with Gasteiger partial charge < -0.3 is 9.22 Å². The second-order valence-electron chi connectivity index (χ2n) is 14.4. The third-order valence-electron chi connectivity index (χ3n) is 11.4. The number of hydrogen-bond acceptors (Lipinski definition) is 2. The minimum absolute atomic E-state index is 0.160. The lowest BCUT2D eigenvalue weighted by Crippen LogP contribution is -2.67. The van der Waals surface area contributed by atoms with Crippen molar-refractivity contribution < 1.29 is 35.6 Å². The molecular formula is C43H37F6N2O+. The highest BCUT2D eigenvalue weighted by molar-refractivity contribution is 6.02. The maximum absolute atomic E-state index is 13.9. The zero-order chi connectivity index (χ0) is 36.3. The lowest BCUT2D eigenvalue weighted by Gasteiger charge is -2.58. The average Bonchev–Trinajstić information content (AvgIpc) is 3.14. The number of para-hydroxylation sites is 1. The monoisotopic (exact) mass is 711 g/mol. The van der Waals surface area contributed by atoms with Crippen LogP contribution in [0.25, 0.3) is 32.4 Å². The molecule has 4 heterocycles. The van der Waals surface area contributed by atoms with Crippen molar-refractivity contribution in [3.05, 3.63) is 150 Å². The number of quaternary nitrogens is 1. The number of benzene rings is 5. The Hall–Kier alpha value is -4.73. The topological polar surface area (TPSA) is 22.1 Å². The van der Waals surface area contributed by atoms with Gasteiger partial charge in [0.05, 0.1) is 36.3 Å². The van der Waals surface area contributed by atoms with Crippen LogP contribution in [-0.4, -0.2) is 28.6 Å². The lowest BCUT2D eigenvalue weighted by atomic mass is 9.70. The molecule has 0 saturated carbocycles. The first-order valence-electron chi connectivity index (χ1n) is 17.5. The molecule has 3 nitrogen and oxygen atoms in total. The first kappa shape index (κ1) is 34.4. The number of rotatable bonds is 8. The first-order chi connectivity index (χ1) is 24.9. The van der Waals surface area contributed by atoms with E-state index in [9.17, 15) is 26.3 Å². The van der Waals surface area contributed by atoms with Gasteiger partial charge in [0.15, 0.2) is 0 Å². The van der Waals surface area contributed by atoms with E-state index >= 15 is 0 Å². The van der Waals surface area contributed by atoms with E-state index in [2.05, 4.69) is 41.9 Å².